The van der Waals surface area contributed by atoms with Crippen LogP contribution in [0.2, 0.25) is 0 Å². The van der Waals surface area contributed by atoms with Crippen molar-refractivity contribution in [1.82, 2.24) is 9.47 Å². The fraction of sp³-hybridized carbons (Fsp3) is 0.667. The second-order valence-electron chi connectivity index (χ2n) is 5.71. The number of aliphatic hydroxyl groups excluding tert-OH is 1. The molecule has 1 aromatic rings. The van der Waals surface area contributed by atoms with Crippen LogP contribution in [0, 0.1) is 0 Å². The summed E-state index contributed by atoms with van der Waals surface area (Å²) in [6.07, 6.45) is 5.85. The molecule has 0 amide bonds. The van der Waals surface area contributed by atoms with Crippen LogP contribution >= 0.6 is 0 Å². The molecule has 0 bridgehead atoms. The lowest BCUT2D eigenvalue weighted by molar-refractivity contribution is 0.169. The molecule has 0 radical (unpaired) electrons. The highest BCUT2D eigenvalue weighted by atomic mass is 16.3. The molecule has 1 unspecified atom stereocenters. The van der Waals surface area contributed by atoms with Gasteiger partial charge in [-0.2, -0.15) is 0 Å². The highest BCUT2D eigenvalue weighted by Gasteiger charge is 2.13. The summed E-state index contributed by atoms with van der Waals surface area (Å²) in [6, 6.07) is 1.49. The van der Waals surface area contributed by atoms with E-state index in [1.165, 1.54) is 37.9 Å². The fourth-order valence-corrected chi connectivity index (χ4v) is 2.72. The van der Waals surface area contributed by atoms with Gasteiger partial charge in [0.2, 0.25) is 5.43 Å². The van der Waals surface area contributed by atoms with Gasteiger partial charge in [-0.3, -0.25) is 9.69 Å². The van der Waals surface area contributed by atoms with E-state index in [0.717, 1.165) is 18.8 Å². The molecule has 1 saturated heterocycles. The molecule has 1 atom stereocenters. The van der Waals surface area contributed by atoms with Crippen LogP contribution in [0.4, 0.5) is 0 Å². The van der Waals surface area contributed by atoms with E-state index in [1.54, 1.807) is 11.5 Å². The third-order valence-corrected chi connectivity index (χ3v) is 3.74. The van der Waals surface area contributed by atoms with Gasteiger partial charge in [-0.1, -0.05) is 12.8 Å². The largest absolute Gasteiger partial charge is 0.503 e. The Balaban J connectivity index is 2.19. The average molecular weight is 280 g/mol. The molecule has 5 heteroatoms. The Kier molecular flexibility index (Phi) is 5.20. The number of aliphatic hydroxyl groups is 1. The predicted octanol–water partition coefficient (Wildman–Crippen LogP) is 1.31. The smallest absolute Gasteiger partial charge is 0.223 e. The molecule has 1 fully saturated rings. The number of rotatable bonds is 4. The minimum absolute atomic E-state index is 0.259. The van der Waals surface area contributed by atoms with Crippen molar-refractivity contribution < 1.29 is 10.2 Å². The van der Waals surface area contributed by atoms with E-state index >= 15 is 0 Å². The molecular weight excluding hydrogens is 256 g/mol. The summed E-state index contributed by atoms with van der Waals surface area (Å²) < 4.78 is 1.78. The third-order valence-electron chi connectivity index (χ3n) is 3.74. The van der Waals surface area contributed by atoms with Crippen LogP contribution in [0.15, 0.2) is 17.1 Å². The van der Waals surface area contributed by atoms with Gasteiger partial charge in [0.25, 0.3) is 0 Å². The van der Waals surface area contributed by atoms with Crippen LogP contribution < -0.4 is 5.43 Å². The molecule has 1 aliphatic heterocycles. The van der Waals surface area contributed by atoms with Gasteiger partial charge in [-0.15, -0.1) is 0 Å². The van der Waals surface area contributed by atoms with Crippen LogP contribution in [0.3, 0.4) is 0 Å². The number of hydrogen-bond donors (Lipinski definition) is 2. The Morgan fingerprint density at radius 1 is 1.25 bits per heavy atom. The summed E-state index contributed by atoms with van der Waals surface area (Å²) >= 11 is 0. The van der Waals surface area contributed by atoms with Gasteiger partial charge < -0.3 is 14.8 Å². The number of aromatic nitrogens is 1. The average Bonchev–Trinajstić information content (AvgIpc) is 2.63. The Hall–Kier alpha value is -1.33. The molecule has 1 aliphatic rings. The Labute approximate surface area is 119 Å². The van der Waals surface area contributed by atoms with Crippen molar-refractivity contribution in [3.8, 4) is 5.75 Å². The summed E-state index contributed by atoms with van der Waals surface area (Å²) in [5.74, 6) is -0.259. The fourth-order valence-electron chi connectivity index (χ4n) is 2.72. The second-order valence-corrected chi connectivity index (χ2v) is 5.71. The van der Waals surface area contributed by atoms with Crippen molar-refractivity contribution in [2.24, 2.45) is 0 Å². The van der Waals surface area contributed by atoms with Crippen molar-refractivity contribution in [3.63, 3.8) is 0 Å². The predicted molar refractivity (Wildman–Crippen MR) is 77.8 cm³/mol. The summed E-state index contributed by atoms with van der Waals surface area (Å²) in [5.41, 5.74) is 0.507. The lowest BCUT2D eigenvalue weighted by Gasteiger charge is -2.23. The van der Waals surface area contributed by atoms with Gasteiger partial charge in [0.05, 0.1) is 12.3 Å². The van der Waals surface area contributed by atoms with Crippen molar-refractivity contribution in [2.75, 3.05) is 13.1 Å². The molecule has 0 aliphatic carbocycles. The highest BCUT2D eigenvalue weighted by molar-refractivity contribution is 5.20. The van der Waals surface area contributed by atoms with Gasteiger partial charge in [0, 0.05) is 24.8 Å². The molecule has 112 valence electrons. The Bertz CT molecular complexity index is 488. The van der Waals surface area contributed by atoms with Crippen LogP contribution in [0.5, 0.6) is 5.75 Å². The maximum atomic E-state index is 11.6. The molecule has 1 aromatic heterocycles. The summed E-state index contributed by atoms with van der Waals surface area (Å²) in [7, 11) is 0. The molecule has 2 rings (SSSR count). The molecule has 2 heterocycles. The molecule has 20 heavy (non-hydrogen) atoms. The zero-order valence-corrected chi connectivity index (χ0v) is 12.1. The Morgan fingerprint density at radius 3 is 2.50 bits per heavy atom. The lowest BCUT2D eigenvalue weighted by Crippen LogP contribution is -2.28. The first-order valence-electron chi connectivity index (χ1n) is 7.39. The van der Waals surface area contributed by atoms with Crippen LogP contribution in [0.1, 0.15) is 38.3 Å². The first-order valence-corrected chi connectivity index (χ1v) is 7.39. The standard InChI is InChI=1S/C15H24N2O3/c1-12(18)9-17-11-15(20)14(19)8-13(17)10-16-6-4-2-3-5-7-16/h8,11-12,18,20H,2-7,9-10H2,1H3. The van der Waals surface area contributed by atoms with Crippen molar-refractivity contribution in [1.29, 1.82) is 0 Å². The van der Waals surface area contributed by atoms with E-state index in [2.05, 4.69) is 4.90 Å². The summed E-state index contributed by atoms with van der Waals surface area (Å²) in [5, 5.41) is 19.1. The summed E-state index contributed by atoms with van der Waals surface area (Å²) in [6.45, 7) is 4.87. The Morgan fingerprint density at radius 2 is 1.90 bits per heavy atom. The monoisotopic (exact) mass is 280 g/mol. The van der Waals surface area contributed by atoms with Crippen LogP contribution in [0.25, 0.3) is 0 Å². The zero-order valence-electron chi connectivity index (χ0n) is 12.1. The van der Waals surface area contributed by atoms with Gasteiger partial charge >= 0.3 is 0 Å². The van der Waals surface area contributed by atoms with Crippen LogP contribution in [-0.2, 0) is 13.1 Å². The third kappa shape index (κ3) is 4.08. The van der Waals surface area contributed by atoms with E-state index in [4.69, 9.17) is 0 Å². The minimum Gasteiger partial charge on any atom is -0.503 e. The maximum Gasteiger partial charge on any atom is 0.223 e. The number of pyridine rings is 1. The topological polar surface area (TPSA) is 65.7 Å². The minimum atomic E-state index is -0.514. The first kappa shape index (κ1) is 15.1. The number of hydrogen-bond acceptors (Lipinski definition) is 4. The van der Waals surface area contributed by atoms with Crippen molar-refractivity contribution in [3.05, 3.63) is 28.2 Å². The molecular formula is C15H24N2O3. The van der Waals surface area contributed by atoms with Gasteiger partial charge in [0.15, 0.2) is 5.75 Å². The van der Waals surface area contributed by atoms with E-state index in [1.807, 2.05) is 0 Å². The number of likely N-dealkylation sites (tertiary alicyclic amines) is 1. The van der Waals surface area contributed by atoms with Gasteiger partial charge in [-0.25, -0.2) is 0 Å². The van der Waals surface area contributed by atoms with Crippen molar-refractivity contribution in [2.45, 2.75) is 51.8 Å². The molecule has 0 saturated carbocycles. The van der Waals surface area contributed by atoms with E-state index in [-0.39, 0.29) is 11.2 Å². The second kappa shape index (κ2) is 6.90. The molecule has 0 spiro atoms. The van der Waals surface area contributed by atoms with Gasteiger partial charge in [-0.05, 0) is 32.9 Å². The van der Waals surface area contributed by atoms with Crippen LogP contribution in [-0.4, -0.2) is 38.9 Å². The highest BCUT2D eigenvalue weighted by Crippen LogP contribution is 2.14. The lowest BCUT2D eigenvalue weighted by atomic mass is 10.2. The number of aromatic hydroxyl groups is 1. The first-order chi connectivity index (χ1) is 9.56. The quantitative estimate of drug-likeness (QED) is 0.873. The zero-order chi connectivity index (χ0) is 14.5. The molecule has 2 N–H and O–H groups in total. The van der Waals surface area contributed by atoms with E-state index < -0.39 is 6.10 Å². The van der Waals surface area contributed by atoms with E-state index in [0.29, 0.717) is 13.1 Å². The maximum absolute atomic E-state index is 11.6. The van der Waals surface area contributed by atoms with E-state index in [9.17, 15) is 15.0 Å². The summed E-state index contributed by atoms with van der Waals surface area (Å²) in [4.78, 5) is 14.0. The molecule has 0 aromatic carbocycles. The normalized spacial score (nSPS) is 18.7. The molecule has 5 nitrogen and oxygen atoms in total. The van der Waals surface area contributed by atoms with Gasteiger partial charge in [0.1, 0.15) is 0 Å². The SMILES string of the molecule is CC(O)Cn1cc(O)c(=O)cc1CN1CCCCCC1. The van der Waals surface area contributed by atoms with Crippen molar-refractivity contribution >= 4 is 0 Å². The number of nitrogens with zero attached hydrogens (tertiary/aromatic N) is 2.